The minimum Gasteiger partial charge on any atom is -0.444 e. The van der Waals surface area contributed by atoms with E-state index >= 15 is 0 Å². The van der Waals surface area contributed by atoms with Gasteiger partial charge in [0.1, 0.15) is 17.7 Å². The molecule has 0 aliphatic rings. The maximum Gasteiger partial charge on any atom is 0.408 e. The number of alkyl carbamates (subject to hydrolysis) is 1. The molecule has 0 aromatic heterocycles. The van der Waals surface area contributed by atoms with Gasteiger partial charge in [0.2, 0.25) is 11.8 Å². The van der Waals surface area contributed by atoms with E-state index in [1.54, 1.807) is 39.0 Å². The zero-order valence-corrected chi connectivity index (χ0v) is 23.2. The molecule has 0 bridgehead atoms. The highest BCUT2D eigenvalue weighted by molar-refractivity contribution is 6.00. The maximum atomic E-state index is 14.0. The number of aryl methyl sites for hydroxylation is 2. The second kappa shape index (κ2) is 13.6. The Balaban J connectivity index is 2.53. The van der Waals surface area contributed by atoms with E-state index in [0.29, 0.717) is 17.7 Å². The monoisotopic (exact) mass is 524 g/mol. The molecule has 0 radical (unpaired) electrons. The lowest BCUT2D eigenvalue weighted by Crippen LogP contribution is -2.53. The van der Waals surface area contributed by atoms with Crippen LogP contribution in [0, 0.1) is 13.8 Å². The molecule has 2 atom stereocenters. The van der Waals surface area contributed by atoms with Crippen LogP contribution in [0.2, 0.25) is 0 Å². The molecule has 38 heavy (non-hydrogen) atoms. The summed E-state index contributed by atoms with van der Waals surface area (Å²) in [6.07, 6.45) is 0.0511. The Morgan fingerprint density at radius 1 is 1.00 bits per heavy atom. The number of anilines is 1. The zero-order chi connectivity index (χ0) is 28.5. The molecular weight excluding hydrogens is 484 g/mol. The molecule has 9 nitrogen and oxygen atoms in total. The van der Waals surface area contributed by atoms with E-state index in [1.165, 1.54) is 4.90 Å². The standard InChI is InChI=1S/C29H40N4O5/c1-7-8-17-33(27(36)23(18-24(30)34)32-28(37)38-29(4,5)6)25(21-15-13-19(2)14-16-21)26(35)31-22-12-10-9-11-20(22)3/h9-16,23,25H,7-8,17-18H2,1-6H3,(H2,30,34)(H,31,35)(H,32,37). The number of nitrogens with zero attached hydrogens (tertiary/aromatic N) is 1. The molecular formula is C29H40N4O5. The summed E-state index contributed by atoms with van der Waals surface area (Å²) in [5, 5.41) is 5.44. The summed E-state index contributed by atoms with van der Waals surface area (Å²) in [5.74, 6) is -1.79. The molecule has 2 rings (SSSR count). The fourth-order valence-corrected chi connectivity index (χ4v) is 3.88. The van der Waals surface area contributed by atoms with E-state index in [1.807, 2.05) is 51.1 Å². The van der Waals surface area contributed by atoms with Crippen molar-refractivity contribution in [2.45, 2.75) is 78.5 Å². The van der Waals surface area contributed by atoms with Gasteiger partial charge >= 0.3 is 6.09 Å². The van der Waals surface area contributed by atoms with Crippen LogP contribution in [-0.4, -0.2) is 46.9 Å². The Kier molecular flexibility index (Phi) is 10.9. The van der Waals surface area contributed by atoms with Gasteiger partial charge in [0, 0.05) is 12.2 Å². The second-order valence-electron chi connectivity index (χ2n) is 10.4. The number of primary amides is 1. The van der Waals surface area contributed by atoms with Crippen molar-refractivity contribution in [2.24, 2.45) is 5.73 Å². The third kappa shape index (κ3) is 9.21. The number of ether oxygens (including phenoxy) is 1. The lowest BCUT2D eigenvalue weighted by atomic mass is 10.00. The van der Waals surface area contributed by atoms with Crippen molar-refractivity contribution >= 4 is 29.5 Å². The first-order chi connectivity index (χ1) is 17.8. The average Bonchev–Trinajstić information content (AvgIpc) is 2.81. The van der Waals surface area contributed by atoms with Crippen LogP contribution in [0.1, 0.15) is 69.7 Å². The van der Waals surface area contributed by atoms with Crippen molar-refractivity contribution < 1.29 is 23.9 Å². The third-order valence-electron chi connectivity index (χ3n) is 5.79. The third-order valence-corrected chi connectivity index (χ3v) is 5.79. The fraction of sp³-hybridized carbons (Fsp3) is 0.448. The lowest BCUT2D eigenvalue weighted by Gasteiger charge is -2.34. The quantitative estimate of drug-likeness (QED) is 0.401. The number of hydrogen-bond donors (Lipinski definition) is 3. The SMILES string of the molecule is CCCCN(C(=O)C(CC(N)=O)NC(=O)OC(C)(C)C)C(C(=O)Nc1ccccc1C)c1ccc(C)cc1. The number of nitrogens with one attached hydrogen (secondary N) is 2. The van der Waals surface area contributed by atoms with E-state index in [4.69, 9.17) is 10.5 Å². The van der Waals surface area contributed by atoms with Gasteiger partial charge in [-0.3, -0.25) is 14.4 Å². The van der Waals surface area contributed by atoms with Gasteiger partial charge < -0.3 is 26.0 Å². The summed E-state index contributed by atoms with van der Waals surface area (Å²) in [7, 11) is 0. The van der Waals surface area contributed by atoms with E-state index in [9.17, 15) is 19.2 Å². The molecule has 0 aliphatic heterocycles. The van der Waals surface area contributed by atoms with Gasteiger partial charge in [0.15, 0.2) is 0 Å². The molecule has 0 aliphatic carbocycles. The topological polar surface area (TPSA) is 131 Å². The van der Waals surface area contributed by atoms with Crippen molar-refractivity contribution in [3.8, 4) is 0 Å². The van der Waals surface area contributed by atoms with Gasteiger partial charge in [0.25, 0.3) is 5.91 Å². The Hall–Kier alpha value is -3.88. The van der Waals surface area contributed by atoms with Crippen molar-refractivity contribution in [3.63, 3.8) is 0 Å². The van der Waals surface area contributed by atoms with Crippen LogP contribution < -0.4 is 16.4 Å². The maximum absolute atomic E-state index is 14.0. The molecule has 2 unspecified atom stereocenters. The van der Waals surface area contributed by atoms with Crippen molar-refractivity contribution in [1.29, 1.82) is 0 Å². The normalized spacial score (nSPS) is 12.7. The molecule has 0 heterocycles. The van der Waals surface area contributed by atoms with Crippen molar-refractivity contribution in [2.75, 3.05) is 11.9 Å². The molecule has 206 valence electrons. The number of para-hydroxylation sites is 1. The highest BCUT2D eigenvalue weighted by atomic mass is 16.6. The predicted octanol–water partition coefficient (Wildman–Crippen LogP) is 4.38. The van der Waals surface area contributed by atoms with Gasteiger partial charge in [-0.05, 0) is 58.2 Å². The Morgan fingerprint density at radius 3 is 2.18 bits per heavy atom. The van der Waals surface area contributed by atoms with Gasteiger partial charge in [-0.15, -0.1) is 0 Å². The van der Waals surface area contributed by atoms with Crippen molar-refractivity contribution in [1.82, 2.24) is 10.2 Å². The number of amides is 4. The van der Waals surface area contributed by atoms with Crippen LogP contribution in [0.4, 0.5) is 10.5 Å². The first-order valence-corrected chi connectivity index (χ1v) is 12.8. The number of rotatable bonds is 11. The minimum absolute atomic E-state index is 0.223. The minimum atomic E-state index is -1.31. The van der Waals surface area contributed by atoms with E-state index < -0.39 is 47.9 Å². The smallest absolute Gasteiger partial charge is 0.408 e. The van der Waals surface area contributed by atoms with E-state index in [2.05, 4.69) is 10.6 Å². The molecule has 2 aromatic carbocycles. The number of carbonyl (C=O) groups is 4. The predicted molar refractivity (Wildman–Crippen MR) is 147 cm³/mol. The number of hydrogen-bond acceptors (Lipinski definition) is 5. The molecule has 4 amide bonds. The van der Waals surface area contributed by atoms with Gasteiger partial charge in [-0.25, -0.2) is 4.79 Å². The number of carbonyl (C=O) groups excluding carboxylic acids is 4. The zero-order valence-electron chi connectivity index (χ0n) is 23.2. The highest BCUT2D eigenvalue weighted by Gasteiger charge is 2.36. The van der Waals surface area contributed by atoms with Gasteiger partial charge in [-0.2, -0.15) is 0 Å². The largest absolute Gasteiger partial charge is 0.444 e. The molecule has 0 fully saturated rings. The summed E-state index contributed by atoms with van der Waals surface area (Å²) in [4.78, 5) is 53.6. The molecule has 2 aromatic rings. The van der Waals surface area contributed by atoms with Crippen LogP contribution in [0.3, 0.4) is 0 Å². The van der Waals surface area contributed by atoms with Gasteiger partial charge in [0.05, 0.1) is 6.42 Å². The van der Waals surface area contributed by atoms with Crippen LogP contribution in [-0.2, 0) is 19.1 Å². The summed E-state index contributed by atoms with van der Waals surface area (Å²) < 4.78 is 5.31. The fourth-order valence-electron chi connectivity index (χ4n) is 3.88. The van der Waals surface area contributed by atoms with Crippen molar-refractivity contribution in [3.05, 3.63) is 65.2 Å². The molecule has 0 saturated carbocycles. The molecule has 9 heteroatoms. The first kappa shape index (κ1) is 30.3. The number of nitrogens with two attached hydrogens (primary N) is 1. The van der Waals surface area contributed by atoms with Gasteiger partial charge in [-0.1, -0.05) is 61.4 Å². The van der Waals surface area contributed by atoms with Crippen LogP contribution in [0.5, 0.6) is 0 Å². The summed E-state index contributed by atoms with van der Waals surface area (Å²) in [6.45, 7) is 11.1. The van der Waals surface area contributed by atoms with E-state index in [-0.39, 0.29) is 6.54 Å². The second-order valence-corrected chi connectivity index (χ2v) is 10.4. The molecule has 0 spiro atoms. The Bertz CT molecular complexity index is 1120. The highest BCUT2D eigenvalue weighted by Crippen LogP contribution is 2.26. The summed E-state index contributed by atoms with van der Waals surface area (Å²) in [6, 6.07) is 12.4. The van der Waals surface area contributed by atoms with E-state index in [0.717, 1.165) is 17.5 Å². The number of benzene rings is 2. The Morgan fingerprint density at radius 2 is 1.63 bits per heavy atom. The molecule has 0 saturated heterocycles. The summed E-state index contributed by atoms with van der Waals surface area (Å²) >= 11 is 0. The lowest BCUT2D eigenvalue weighted by molar-refractivity contribution is -0.142. The summed E-state index contributed by atoms with van der Waals surface area (Å²) in [5.41, 5.74) is 7.71. The first-order valence-electron chi connectivity index (χ1n) is 12.8. The van der Waals surface area contributed by atoms with Crippen LogP contribution in [0.15, 0.2) is 48.5 Å². The average molecular weight is 525 g/mol. The van der Waals surface area contributed by atoms with Crippen LogP contribution >= 0.6 is 0 Å². The Labute approximate surface area is 225 Å². The van der Waals surface area contributed by atoms with Crippen LogP contribution in [0.25, 0.3) is 0 Å². The molecule has 4 N–H and O–H groups in total. The number of unbranched alkanes of at least 4 members (excludes halogenated alkanes) is 1.